The molecule has 6 heterocycles. The molecule has 0 aliphatic carbocycles. The lowest BCUT2D eigenvalue weighted by Gasteiger charge is -2.40. The molecule has 2 aliphatic rings. The van der Waals surface area contributed by atoms with Crippen LogP contribution in [0.4, 0.5) is 16.7 Å². The number of aromatic nitrogens is 8. The molecule has 7 N–H and O–H groups in total. The number of aliphatic hydroxyl groups excluding tert-OH is 1. The Morgan fingerprint density at radius 3 is 1.97 bits per heavy atom. The first kappa shape index (κ1) is 57.7. The normalized spacial score (nSPS) is 22.5. The first-order valence-electron chi connectivity index (χ1n) is 24.0. The maximum Gasteiger partial charge on any atom is 0.695 e. The van der Waals surface area contributed by atoms with Crippen molar-refractivity contribution < 1.29 is 65.7 Å². The van der Waals surface area contributed by atoms with Crippen LogP contribution >= 0.6 is 16.9 Å². The number of nitrogens with one attached hydrogen (secondary N) is 5. The molecule has 4 aromatic heterocycles. The second kappa shape index (κ2) is 24.6. The molecule has 0 radical (unpaired) electrons. The summed E-state index contributed by atoms with van der Waals surface area (Å²) in [5, 5.41) is 27.9. The average molecular weight is 1120 g/mol. The van der Waals surface area contributed by atoms with Crippen molar-refractivity contribution in [1.82, 2.24) is 44.4 Å². The molecular weight excluding hydrogens is 1050 g/mol. The standard InChI is InChI=1S/C45H60N12O16P2Si/c1-23(2)36(59)52-42-50-34-29(38(61)54-42)47-21-56(34)40-28(49-44(63)66-19-25-14-11-10-12-15-25)31(71-74(64)65)27(70-40)20-68-75(67-17-13-16-46)72-32-26(18-58)69-41(33(32)73-76(8,9)45(5,6)7)57-22-48-30-35(57)51-43(55-39(30)62)53-37(60)24(3)4/h10-12,14-15,21-24,26-28,31-33,40-41,58H,13,17-20H2,1-9H3,(H5-,49,50,51,52,53,54,55,59,60,61,62,63,64,65)/p+1/t26-,27-,28-,31-,32-,33-,40-,41-,75?/m1/s1. The van der Waals surface area contributed by atoms with E-state index in [1.807, 2.05) is 39.9 Å². The van der Waals surface area contributed by atoms with Crippen molar-refractivity contribution in [3.05, 3.63) is 69.3 Å². The van der Waals surface area contributed by atoms with Gasteiger partial charge in [-0.15, -0.1) is 9.42 Å². The van der Waals surface area contributed by atoms with Crippen molar-refractivity contribution in [2.75, 3.05) is 30.5 Å². The number of nitrogens with zero attached hydrogens (tertiary/aromatic N) is 7. The number of imidazole rings is 2. The maximum atomic E-state index is 13.6. The van der Waals surface area contributed by atoms with Crippen LogP contribution < -0.4 is 27.1 Å². The lowest BCUT2D eigenvalue weighted by molar-refractivity contribution is -0.119. The molecule has 7 rings (SSSR count). The fraction of sp³-hybridized carbons (Fsp3) is 0.556. The van der Waals surface area contributed by atoms with Crippen molar-refractivity contribution >= 4 is 77.3 Å². The van der Waals surface area contributed by atoms with Crippen LogP contribution in [0.15, 0.2) is 52.6 Å². The van der Waals surface area contributed by atoms with Gasteiger partial charge in [0.15, 0.2) is 49.2 Å². The van der Waals surface area contributed by atoms with Gasteiger partial charge in [0.1, 0.15) is 37.1 Å². The van der Waals surface area contributed by atoms with Gasteiger partial charge in [-0.3, -0.25) is 48.9 Å². The number of nitriles is 1. The smallest absolute Gasteiger partial charge is 0.445 e. The van der Waals surface area contributed by atoms with Crippen LogP contribution in [0, 0.1) is 23.2 Å². The topological polar surface area (TPSA) is 370 Å². The second-order valence-corrected chi connectivity index (χ2v) is 26.4. The first-order valence-corrected chi connectivity index (χ1v) is 29.2. The quantitative estimate of drug-likeness (QED) is 0.0285. The summed E-state index contributed by atoms with van der Waals surface area (Å²) in [6.45, 7) is 15.0. The van der Waals surface area contributed by atoms with Crippen LogP contribution in [0.25, 0.3) is 22.3 Å². The molecule has 2 saturated heterocycles. The summed E-state index contributed by atoms with van der Waals surface area (Å²) < 4.78 is 65.4. The number of carbonyl (C=O) groups excluding carboxylic acids is 3. The van der Waals surface area contributed by atoms with E-state index >= 15 is 0 Å². The fourth-order valence-corrected chi connectivity index (χ4v) is 10.5. The van der Waals surface area contributed by atoms with Crippen LogP contribution in [0.5, 0.6) is 0 Å². The number of benzene rings is 1. The van der Waals surface area contributed by atoms with E-state index < -0.39 is 133 Å². The highest BCUT2D eigenvalue weighted by Crippen LogP contribution is 2.50. The summed E-state index contributed by atoms with van der Waals surface area (Å²) in [6, 6.07) is 9.32. The minimum Gasteiger partial charge on any atom is -0.445 e. The number of hydrogen-bond donors (Lipinski definition) is 7. The Morgan fingerprint density at radius 2 is 1.45 bits per heavy atom. The summed E-state index contributed by atoms with van der Waals surface area (Å²) in [5.74, 6) is -2.20. The van der Waals surface area contributed by atoms with Gasteiger partial charge in [-0.1, -0.05) is 78.8 Å². The number of H-pyrrole nitrogens is 2. The van der Waals surface area contributed by atoms with Crippen LogP contribution in [-0.4, -0.2) is 132 Å². The fourth-order valence-electron chi connectivity index (χ4n) is 7.61. The highest BCUT2D eigenvalue weighted by atomic mass is 31.2. The van der Waals surface area contributed by atoms with Gasteiger partial charge in [-0.25, -0.2) is 14.8 Å². The Balaban J connectivity index is 1.24. The number of ether oxygens (including phenoxy) is 3. The van der Waals surface area contributed by atoms with Gasteiger partial charge in [0.25, 0.3) is 11.1 Å². The summed E-state index contributed by atoms with van der Waals surface area (Å²) in [5.41, 5.74) is -1.16. The summed E-state index contributed by atoms with van der Waals surface area (Å²) in [6.07, 6.45) is -7.72. The summed E-state index contributed by atoms with van der Waals surface area (Å²) in [4.78, 5) is 98.3. The molecular formula is C45H61N12O16P2Si+. The third kappa shape index (κ3) is 13.4. The molecule has 31 heteroatoms. The van der Waals surface area contributed by atoms with E-state index in [2.05, 4.69) is 45.9 Å². The molecule has 76 heavy (non-hydrogen) atoms. The van der Waals surface area contributed by atoms with Gasteiger partial charge in [-0.2, -0.15) is 15.2 Å². The Morgan fingerprint density at radius 1 is 0.882 bits per heavy atom. The van der Waals surface area contributed by atoms with Crippen LogP contribution in [0.1, 0.15) is 72.9 Å². The average Bonchev–Trinajstić information content (AvgIpc) is 4.17. The third-order valence-corrected chi connectivity index (χ3v) is 18.7. The number of carbonyl (C=O) groups is 3. The molecule has 2 aliphatic heterocycles. The Hall–Kier alpha value is -5.99. The van der Waals surface area contributed by atoms with Gasteiger partial charge >= 0.3 is 23.0 Å². The number of aromatic amines is 2. The molecule has 28 nitrogen and oxygen atoms in total. The van der Waals surface area contributed by atoms with Gasteiger partial charge in [-0.05, 0) is 23.7 Å². The second-order valence-electron chi connectivity index (χ2n) is 19.8. The van der Waals surface area contributed by atoms with Gasteiger partial charge in [0.2, 0.25) is 23.7 Å². The van der Waals surface area contributed by atoms with Crippen molar-refractivity contribution in [3.63, 3.8) is 0 Å². The van der Waals surface area contributed by atoms with E-state index in [4.69, 9.17) is 36.7 Å². The van der Waals surface area contributed by atoms with Gasteiger partial charge in [0.05, 0.1) is 45.0 Å². The monoisotopic (exact) mass is 1120 g/mol. The zero-order chi connectivity index (χ0) is 55.2. The first-order chi connectivity index (χ1) is 36.0. The SMILES string of the molecule is CC(C)C(=O)Nc1nc2c(ncn2[C@@H]2O[C@H](COP(OCCC#N)O[C@H]3[C@@H](O[Si](C)(C)C(C)(C)C)[C@H](n4cnc5c(=O)[nH]c(NC(=O)C(C)C)nc54)O[C@@H]3CO)[C@@H](O[P+](=O)O)[C@H]2NC(=O)OCc2ccccc2)c(=O)[nH]1. The Bertz CT molecular complexity index is 3050. The molecule has 2 unspecified atom stereocenters. The van der Waals surface area contributed by atoms with Crippen LogP contribution in [0.3, 0.4) is 0 Å². The minimum absolute atomic E-state index is 0.00748. The predicted octanol–water partition coefficient (Wildman–Crippen LogP) is 4.51. The zero-order valence-electron chi connectivity index (χ0n) is 43.0. The van der Waals surface area contributed by atoms with Gasteiger partial charge in [0, 0.05) is 16.4 Å². The lowest BCUT2D eigenvalue weighted by atomic mass is 10.1. The highest BCUT2D eigenvalue weighted by Gasteiger charge is 2.55. The number of hydrogen-bond acceptors (Lipinski definition) is 20. The van der Waals surface area contributed by atoms with E-state index in [1.165, 1.54) is 21.8 Å². The number of aliphatic hydroxyl groups is 1. The number of anilines is 2. The molecule has 3 amide bonds. The van der Waals surface area contributed by atoms with Gasteiger partial charge < -0.3 is 42.6 Å². The third-order valence-electron chi connectivity index (χ3n) is 12.7. The molecule has 0 saturated carbocycles. The van der Waals surface area contributed by atoms with E-state index in [9.17, 15) is 43.8 Å². The van der Waals surface area contributed by atoms with Crippen LogP contribution in [-0.2, 0) is 57.5 Å². The molecule has 2 fully saturated rings. The largest absolute Gasteiger partial charge is 0.695 e. The Labute approximate surface area is 437 Å². The number of rotatable bonds is 22. The van der Waals surface area contributed by atoms with Crippen LogP contribution in [0.2, 0.25) is 18.1 Å². The van der Waals surface area contributed by atoms with E-state index in [-0.39, 0.29) is 53.9 Å². The van der Waals surface area contributed by atoms with Crippen molar-refractivity contribution in [2.24, 2.45) is 11.8 Å². The molecule has 410 valence electrons. The van der Waals surface area contributed by atoms with Crippen molar-refractivity contribution in [3.8, 4) is 6.07 Å². The van der Waals surface area contributed by atoms with Crippen molar-refractivity contribution in [2.45, 2.75) is 129 Å². The van der Waals surface area contributed by atoms with E-state index in [0.717, 1.165) is 0 Å². The zero-order valence-corrected chi connectivity index (χ0v) is 45.8. The molecule has 0 bridgehead atoms. The molecule has 0 spiro atoms. The highest BCUT2D eigenvalue weighted by molar-refractivity contribution is 7.41. The van der Waals surface area contributed by atoms with E-state index in [1.54, 1.807) is 58.0 Å². The maximum absolute atomic E-state index is 13.6. The molecule has 1 aromatic carbocycles. The van der Waals surface area contributed by atoms with E-state index in [0.29, 0.717) is 5.56 Å². The lowest BCUT2D eigenvalue weighted by Crippen LogP contribution is -2.49. The number of amides is 3. The minimum atomic E-state index is -3.43. The summed E-state index contributed by atoms with van der Waals surface area (Å²) >= 11 is 0. The molecule has 5 aromatic rings. The number of alkyl carbamates (subject to hydrolysis) is 1. The van der Waals surface area contributed by atoms with Crippen molar-refractivity contribution in [1.29, 1.82) is 5.26 Å². The molecule has 10 atom stereocenters. The Kier molecular flexibility index (Phi) is 18.6. The predicted molar refractivity (Wildman–Crippen MR) is 272 cm³/mol. The summed E-state index contributed by atoms with van der Waals surface area (Å²) in [7, 11) is -8.88. The number of fused-ring (bicyclic) bond motifs is 2.